The molecule has 2 rings (SSSR count). The predicted octanol–water partition coefficient (Wildman–Crippen LogP) is 3.84. The van der Waals surface area contributed by atoms with Crippen LogP contribution in [0.25, 0.3) is 0 Å². The molecule has 2 nitrogen and oxygen atoms in total. The molecule has 92 valence electrons. The van der Waals surface area contributed by atoms with Crippen LogP contribution in [0, 0.1) is 0 Å². The van der Waals surface area contributed by atoms with Gasteiger partial charge in [-0.15, -0.1) is 0 Å². The third kappa shape index (κ3) is 2.54. The number of phenols is 1. The summed E-state index contributed by atoms with van der Waals surface area (Å²) in [6, 6.07) is 11.6. The molecule has 0 saturated carbocycles. The average Bonchev–Trinajstić information content (AvgIpc) is 2.38. The molecular formula is C15H13ClO2. The zero-order valence-electron chi connectivity index (χ0n) is 9.98. The van der Waals surface area contributed by atoms with Gasteiger partial charge in [0.1, 0.15) is 5.75 Å². The largest absolute Gasteiger partial charge is 0.508 e. The predicted molar refractivity (Wildman–Crippen MR) is 72.4 cm³/mol. The summed E-state index contributed by atoms with van der Waals surface area (Å²) in [4.78, 5) is 12.3. The number of hydrogen-bond acceptors (Lipinski definition) is 2. The van der Waals surface area contributed by atoms with Crippen LogP contribution in [0.2, 0.25) is 5.02 Å². The Morgan fingerprint density at radius 1 is 1.17 bits per heavy atom. The monoisotopic (exact) mass is 260 g/mol. The minimum absolute atomic E-state index is 0.0523. The zero-order valence-corrected chi connectivity index (χ0v) is 10.7. The Morgan fingerprint density at radius 3 is 2.44 bits per heavy atom. The molecule has 0 radical (unpaired) electrons. The van der Waals surface area contributed by atoms with E-state index >= 15 is 0 Å². The van der Waals surface area contributed by atoms with Crippen LogP contribution in [0.1, 0.15) is 28.4 Å². The van der Waals surface area contributed by atoms with Gasteiger partial charge < -0.3 is 5.11 Å². The molecule has 0 bridgehead atoms. The maximum absolute atomic E-state index is 12.3. The van der Waals surface area contributed by atoms with Gasteiger partial charge in [-0.1, -0.05) is 18.5 Å². The van der Waals surface area contributed by atoms with E-state index < -0.39 is 0 Å². The highest BCUT2D eigenvalue weighted by atomic mass is 35.5. The van der Waals surface area contributed by atoms with Crippen LogP contribution >= 0.6 is 11.6 Å². The minimum atomic E-state index is -0.0523. The van der Waals surface area contributed by atoms with Gasteiger partial charge >= 0.3 is 0 Å². The third-order valence-corrected chi connectivity index (χ3v) is 3.07. The number of benzene rings is 2. The topological polar surface area (TPSA) is 37.3 Å². The summed E-state index contributed by atoms with van der Waals surface area (Å²) in [5, 5.41) is 10.0. The molecule has 1 N–H and O–H groups in total. The van der Waals surface area contributed by atoms with Gasteiger partial charge in [-0.25, -0.2) is 0 Å². The van der Waals surface area contributed by atoms with E-state index in [0.29, 0.717) is 22.6 Å². The van der Waals surface area contributed by atoms with Gasteiger partial charge in [-0.2, -0.15) is 0 Å². The Morgan fingerprint density at radius 2 is 1.83 bits per heavy atom. The van der Waals surface area contributed by atoms with Gasteiger partial charge in [0.05, 0.1) is 0 Å². The van der Waals surface area contributed by atoms with Crippen LogP contribution in [0.15, 0.2) is 42.5 Å². The number of carbonyl (C=O) groups is 1. The van der Waals surface area contributed by atoms with Crippen molar-refractivity contribution in [3.8, 4) is 5.75 Å². The fourth-order valence-electron chi connectivity index (χ4n) is 1.85. The van der Waals surface area contributed by atoms with E-state index in [1.807, 2.05) is 6.92 Å². The number of aryl methyl sites for hydroxylation is 1. The van der Waals surface area contributed by atoms with Crippen molar-refractivity contribution in [2.75, 3.05) is 0 Å². The molecule has 0 aliphatic carbocycles. The van der Waals surface area contributed by atoms with Gasteiger partial charge in [0, 0.05) is 16.1 Å². The summed E-state index contributed by atoms with van der Waals surface area (Å²) >= 11 is 5.80. The molecule has 0 atom stereocenters. The lowest BCUT2D eigenvalue weighted by atomic mass is 9.97. The van der Waals surface area contributed by atoms with E-state index in [0.717, 1.165) is 5.56 Å². The van der Waals surface area contributed by atoms with Crippen LogP contribution in [0.3, 0.4) is 0 Å². The van der Waals surface area contributed by atoms with Crippen molar-refractivity contribution >= 4 is 17.4 Å². The highest BCUT2D eigenvalue weighted by Crippen LogP contribution is 2.21. The fraction of sp³-hybridized carbons (Fsp3) is 0.133. The molecule has 0 aliphatic heterocycles. The van der Waals surface area contributed by atoms with E-state index in [2.05, 4.69) is 0 Å². The van der Waals surface area contributed by atoms with Gasteiger partial charge in [-0.3, -0.25) is 4.79 Å². The second-order valence-electron chi connectivity index (χ2n) is 4.03. The van der Waals surface area contributed by atoms with Crippen molar-refractivity contribution in [2.45, 2.75) is 13.3 Å². The van der Waals surface area contributed by atoms with E-state index in [9.17, 15) is 9.90 Å². The maximum Gasteiger partial charge on any atom is 0.193 e. The number of carbonyl (C=O) groups excluding carboxylic acids is 1. The minimum Gasteiger partial charge on any atom is -0.508 e. The van der Waals surface area contributed by atoms with Gasteiger partial charge in [-0.05, 0) is 54.4 Å². The van der Waals surface area contributed by atoms with Gasteiger partial charge in [0.15, 0.2) is 5.78 Å². The molecule has 2 aromatic carbocycles. The zero-order chi connectivity index (χ0) is 13.1. The molecule has 0 aromatic heterocycles. The van der Waals surface area contributed by atoms with Crippen LogP contribution in [-0.2, 0) is 6.42 Å². The molecule has 18 heavy (non-hydrogen) atoms. The van der Waals surface area contributed by atoms with E-state index in [4.69, 9.17) is 11.6 Å². The Labute approximate surface area is 111 Å². The summed E-state index contributed by atoms with van der Waals surface area (Å²) in [6.07, 6.45) is 0.697. The standard InChI is InChI=1S/C15H13ClO2/c1-2-10-9-13(17)7-8-14(10)15(18)11-3-5-12(16)6-4-11/h3-9,17H,2H2,1H3. The Kier molecular flexibility index (Phi) is 3.68. The van der Waals surface area contributed by atoms with Gasteiger partial charge in [0.25, 0.3) is 0 Å². The van der Waals surface area contributed by atoms with Crippen molar-refractivity contribution in [1.29, 1.82) is 0 Å². The molecule has 2 aromatic rings. The van der Waals surface area contributed by atoms with Crippen LogP contribution in [0.4, 0.5) is 0 Å². The van der Waals surface area contributed by atoms with E-state index in [-0.39, 0.29) is 11.5 Å². The van der Waals surface area contributed by atoms with Crippen molar-refractivity contribution < 1.29 is 9.90 Å². The molecule has 0 saturated heterocycles. The highest BCUT2D eigenvalue weighted by Gasteiger charge is 2.13. The molecule has 0 heterocycles. The average molecular weight is 261 g/mol. The molecular weight excluding hydrogens is 248 g/mol. The normalized spacial score (nSPS) is 10.3. The third-order valence-electron chi connectivity index (χ3n) is 2.82. The number of hydrogen-bond donors (Lipinski definition) is 1. The van der Waals surface area contributed by atoms with E-state index in [1.165, 1.54) is 6.07 Å². The van der Waals surface area contributed by atoms with Crippen LogP contribution in [-0.4, -0.2) is 10.9 Å². The number of phenolic OH excluding ortho intramolecular Hbond substituents is 1. The number of halogens is 1. The summed E-state index contributed by atoms with van der Waals surface area (Å²) < 4.78 is 0. The maximum atomic E-state index is 12.3. The lowest BCUT2D eigenvalue weighted by Crippen LogP contribution is -2.04. The first kappa shape index (κ1) is 12.7. The number of aromatic hydroxyl groups is 1. The SMILES string of the molecule is CCc1cc(O)ccc1C(=O)c1ccc(Cl)cc1. The fourth-order valence-corrected chi connectivity index (χ4v) is 1.98. The molecule has 0 amide bonds. The molecule has 3 heteroatoms. The summed E-state index contributed by atoms with van der Waals surface area (Å²) in [5.74, 6) is 0.128. The van der Waals surface area contributed by atoms with Gasteiger partial charge in [0.2, 0.25) is 0 Å². The second-order valence-corrected chi connectivity index (χ2v) is 4.47. The summed E-state index contributed by atoms with van der Waals surface area (Å²) in [7, 11) is 0. The number of ketones is 1. The van der Waals surface area contributed by atoms with Crippen molar-refractivity contribution in [1.82, 2.24) is 0 Å². The molecule has 0 unspecified atom stereocenters. The first-order valence-corrected chi connectivity index (χ1v) is 6.11. The molecule has 0 fully saturated rings. The summed E-state index contributed by atoms with van der Waals surface area (Å²) in [5.41, 5.74) is 2.06. The van der Waals surface area contributed by atoms with Crippen LogP contribution < -0.4 is 0 Å². The molecule has 0 aliphatic rings. The Balaban J connectivity index is 2.42. The summed E-state index contributed by atoms with van der Waals surface area (Å²) in [6.45, 7) is 1.95. The first-order valence-electron chi connectivity index (χ1n) is 5.74. The van der Waals surface area contributed by atoms with E-state index in [1.54, 1.807) is 36.4 Å². The van der Waals surface area contributed by atoms with Crippen molar-refractivity contribution in [2.24, 2.45) is 0 Å². The highest BCUT2D eigenvalue weighted by molar-refractivity contribution is 6.30. The Hall–Kier alpha value is -1.80. The number of rotatable bonds is 3. The lowest BCUT2D eigenvalue weighted by Gasteiger charge is -2.07. The van der Waals surface area contributed by atoms with Crippen molar-refractivity contribution in [3.05, 3.63) is 64.2 Å². The lowest BCUT2D eigenvalue weighted by molar-refractivity contribution is 0.103. The molecule has 0 spiro atoms. The quantitative estimate of drug-likeness (QED) is 0.852. The smallest absolute Gasteiger partial charge is 0.193 e. The first-order chi connectivity index (χ1) is 8.61. The van der Waals surface area contributed by atoms with Crippen LogP contribution in [0.5, 0.6) is 5.75 Å². The second kappa shape index (κ2) is 5.23. The van der Waals surface area contributed by atoms with Crippen molar-refractivity contribution in [3.63, 3.8) is 0 Å². The Bertz CT molecular complexity index is 574.